The summed E-state index contributed by atoms with van der Waals surface area (Å²) in [5, 5.41) is 5.23. The highest BCUT2D eigenvalue weighted by Gasteiger charge is 2.33. The summed E-state index contributed by atoms with van der Waals surface area (Å²) in [4.78, 5) is 20.4. The van der Waals surface area contributed by atoms with Crippen molar-refractivity contribution in [2.45, 2.75) is 43.5 Å². The number of amides is 1. The SMILES string of the molecule is CC(C)n1ncc2c(C(=O)N3CCN(S(=O)(=O)c4ccccc4)CC3)cc(C3CC3)nc21. The second kappa shape index (κ2) is 7.97. The molecule has 168 valence electrons. The van der Waals surface area contributed by atoms with E-state index in [0.717, 1.165) is 29.6 Å². The van der Waals surface area contributed by atoms with Gasteiger partial charge in [0.1, 0.15) is 0 Å². The van der Waals surface area contributed by atoms with Crippen LogP contribution in [0.1, 0.15) is 54.7 Å². The third-order valence-electron chi connectivity index (χ3n) is 6.21. The Morgan fingerprint density at radius 2 is 1.75 bits per heavy atom. The average molecular weight is 454 g/mol. The lowest BCUT2D eigenvalue weighted by Crippen LogP contribution is -2.50. The van der Waals surface area contributed by atoms with E-state index < -0.39 is 10.0 Å². The van der Waals surface area contributed by atoms with Gasteiger partial charge in [0.05, 0.1) is 22.0 Å². The normalized spacial score (nSPS) is 17.9. The van der Waals surface area contributed by atoms with E-state index >= 15 is 0 Å². The van der Waals surface area contributed by atoms with Crippen molar-refractivity contribution in [3.05, 3.63) is 53.9 Å². The number of piperazine rings is 1. The summed E-state index contributed by atoms with van der Waals surface area (Å²) in [7, 11) is -3.55. The van der Waals surface area contributed by atoms with Crippen molar-refractivity contribution in [3.63, 3.8) is 0 Å². The van der Waals surface area contributed by atoms with Crippen molar-refractivity contribution < 1.29 is 13.2 Å². The smallest absolute Gasteiger partial charge is 0.254 e. The van der Waals surface area contributed by atoms with Crippen molar-refractivity contribution in [2.24, 2.45) is 0 Å². The van der Waals surface area contributed by atoms with Crippen LogP contribution in [0.25, 0.3) is 11.0 Å². The molecule has 0 spiro atoms. The predicted molar refractivity (Wildman–Crippen MR) is 121 cm³/mol. The van der Waals surface area contributed by atoms with Crippen LogP contribution in [0.4, 0.5) is 0 Å². The molecule has 0 radical (unpaired) electrons. The first-order valence-corrected chi connectivity index (χ1v) is 12.5. The number of nitrogens with zero attached hydrogens (tertiary/aromatic N) is 5. The number of aromatic nitrogens is 3. The molecule has 2 fully saturated rings. The van der Waals surface area contributed by atoms with Crippen molar-refractivity contribution in [3.8, 4) is 0 Å². The van der Waals surface area contributed by atoms with E-state index in [0.29, 0.717) is 24.6 Å². The number of fused-ring (bicyclic) bond motifs is 1. The zero-order valence-corrected chi connectivity index (χ0v) is 19.1. The number of sulfonamides is 1. The minimum absolute atomic E-state index is 0.0839. The number of hydrogen-bond acceptors (Lipinski definition) is 5. The Kier molecular flexibility index (Phi) is 5.25. The quantitative estimate of drug-likeness (QED) is 0.593. The molecule has 1 saturated heterocycles. The Morgan fingerprint density at radius 1 is 1.06 bits per heavy atom. The summed E-state index contributed by atoms with van der Waals surface area (Å²) in [6.45, 7) is 5.35. The average Bonchev–Trinajstić information content (AvgIpc) is 3.57. The van der Waals surface area contributed by atoms with Crippen molar-refractivity contribution >= 4 is 27.0 Å². The second-order valence-electron chi connectivity index (χ2n) is 8.80. The van der Waals surface area contributed by atoms with Gasteiger partial charge in [-0.05, 0) is 44.9 Å². The molecule has 1 amide bonds. The van der Waals surface area contributed by atoms with E-state index in [4.69, 9.17) is 4.98 Å². The maximum atomic E-state index is 13.5. The molecule has 9 heteroatoms. The Bertz CT molecular complexity index is 1260. The summed E-state index contributed by atoms with van der Waals surface area (Å²) < 4.78 is 29.1. The van der Waals surface area contributed by atoms with Crippen LogP contribution in [0.5, 0.6) is 0 Å². The standard InChI is InChI=1S/C23H27N5O3S/c1-16(2)28-22-20(15-24-28)19(14-21(25-22)17-8-9-17)23(29)26-10-12-27(13-11-26)32(30,31)18-6-4-3-5-7-18/h3-7,14-17H,8-13H2,1-2H3. The molecule has 1 aliphatic carbocycles. The molecular formula is C23H27N5O3S. The largest absolute Gasteiger partial charge is 0.336 e. The maximum absolute atomic E-state index is 13.5. The second-order valence-corrected chi connectivity index (χ2v) is 10.7. The Balaban J connectivity index is 1.40. The fraction of sp³-hybridized carbons (Fsp3) is 0.435. The zero-order valence-electron chi connectivity index (χ0n) is 18.3. The van der Waals surface area contributed by atoms with Crippen LogP contribution in [-0.2, 0) is 10.0 Å². The molecule has 0 N–H and O–H groups in total. The third kappa shape index (κ3) is 3.69. The zero-order chi connectivity index (χ0) is 22.5. The first kappa shape index (κ1) is 21.1. The van der Waals surface area contributed by atoms with Crippen LogP contribution in [0.3, 0.4) is 0 Å². The van der Waals surface area contributed by atoms with E-state index in [1.165, 1.54) is 4.31 Å². The molecule has 8 nitrogen and oxygen atoms in total. The number of hydrogen-bond donors (Lipinski definition) is 0. The van der Waals surface area contributed by atoms with Gasteiger partial charge in [-0.2, -0.15) is 9.40 Å². The topological polar surface area (TPSA) is 88.4 Å². The first-order valence-electron chi connectivity index (χ1n) is 11.1. The lowest BCUT2D eigenvalue weighted by atomic mass is 10.1. The molecule has 0 unspecified atom stereocenters. The highest BCUT2D eigenvalue weighted by atomic mass is 32.2. The van der Waals surface area contributed by atoms with Gasteiger partial charge in [-0.3, -0.25) is 4.79 Å². The summed E-state index contributed by atoms with van der Waals surface area (Å²) in [5.74, 6) is 0.327. The lowest BCUT2D eigenvalue weighted by Gasteiger charge is -2.34. The van der Waals surface area contributed by atoms with Gasteiger partial charge in [0, 0.05) is 43.8 Å². The molecule has 3 heterocycles. The van der Waals surface area contributed by atoms with Gasteiger partial charge in [-0.25, -0.2) is 18.1 Å². The fourth-order valence-corrected chi connectivity index (χ4v) is 5.67. The summed E-state index contributed by atoms with van der Waals surface area (Å²) in [6, 6.07) is 10.5. The molecule has 2 aromatic heterocycles. The predicted octanol–water partition coefficient (Wildman–Crippen LogP) is 3.04. The molecule has 0 bridgehead atoms. The number of pyridine rings is 1. The maximum Gasteiger partial charge on any atom is 0.254 e. The Morgan fingerprint density at radius 3 is 2.38 bits per heavy atom. The van der Waals surface area contributed by atoms with Gasteiger partial charge >= 0.3 is 0 Å². The van der Waals surface area contributed by atoms with Crippen molar-refractivity contribution in [1.82, 2.24) is 24.0 Å². The van der Waals surface area contributed by atoms with Gasteiger partial charge in [-0.15, -0.1) is 0 Å². The highest BCUT2D eigenvalue weighted by molar-refractivity contribution is 7.89. The van der Waals surface area contributed by atoms with E-state index in [2.05, 4.69) is 5.10 Å². The summed E-state index contributed by atoms with van der Waals surface area (Å²) >= 11 is 0. The molecule has 2 aliphatic rings. The van der Waals surface area contributed by atoms with Crippen LogP contribution in [0, 0.1) is 0 Å². The van der Waals surface area contributed by atoms with Gasteiger partial charge in [0.25, 0.3) is 5.91 Å². The number of benzene rings is 1. The summed E-state index contributed by atoms with van der Waals surface area (Å²) in [5.41, 5.74) is 2.31. The molecule has 5 rings (SSSR count). The fourth-order valence-electron chi connectivity index (χ4n) is 4.22. The molecule has 1 aromatic carbocycles. The molecule has 3 aromatic rings. The van der Waals surface area contributed by atoms with Crippen molar-refractivity contribution in [2.75, 3.05) is 26.2 Å². The van der Waals surface area contributed by atoms with E-state index in [1.807, 2.05) is 24.6 Å². The van der Waals surface area contributed by atoms with Crippen LogP contribution in [0.2, 0.25) is 0 Å². The van der Waals surface area contributed by atoms with Crippen LogP contribution >= 0.6 is 0 Å². The monoisotopic (exact) mass is 453 g/mol. The summed E-state index contributed by atoms with van der Waals surface area (Å²) in [6.07, 6.45) is 3.91. The molecule has 1 saturated carbocycles. The number of carbonyl (C=O) groups excluding carboxylic acids is 1. The Labute approximate surface area is 187 Å². The van der Waals surface area contributed by atoms with Crippen molar-refractivity contribution in [1.29, 1.82) is 0 Å². The van der Waals surface area contributed by atoms with Crippen LogP contribution in [0.15, 0.2) is 47.5 Å². The molecular weight excluding hydrogens is 426 g/mol. The minimum Gasteiger partial charge on any atom is -0.336 e. The van der Waals surface area contributed by atoms with Gasteiger partial charge in [0.2, 0.25) is 10.0 Å². The van der Waals surface area contributed by atoms with E-state index in [9.17, 15) is 13.2 Å². The minimum atomic E-state index is -3.55. The van der Waals surface area contributed by atoms with E-state index in [-0.39, 0.29) is 29.9 Å². The molecule has 0 atom stereocenters. The Hall–Kier alpha value is -2.78. The number of rotatable bonds is 5. The van der Waals surface area contributed by atoms with Crippen LogP contribution < -0.4 is 0 Å². The first-order chi connectivity index (χ1) is 15.4. The van der Waals surface area contributed by atoms with Gasteiger partial charge in [-0.1, -0.05) is 18.2 Å². The third-order valence-corrected chi connectivity index (χ3v) is 8.12. The number of carbonyl (C=O) groups is 1. The highest BCUT2D eigenvalue weighted by Crippen LogP contribution is 2.40. The van der Waals surface area contributed by atoms with Gasteiger partial charge < -0.3 is 4.90 Å². The van der Waals surface area contributed by atoms with Gasteiger partial charge in [0.15, 0.2) is 5.65 Å². The molecule has 32 heavy (non-hydrogen) atoms. The molecule has 1 aliphatic heterocycles. The van der Waals surface area contributed by atoms with Crippen LogP contribution in [-0.4, -0.2) is 64.5 Å². The van der Waals surface area contributed by atoms with E-state index in [1.54, 1.807) is 41.4 Å². The lowest BCUT2D eigenvalue weighted by molar-refractivity contribution is 0.0699.